The van der Waals surface area contributed by atoms with Crippen LogP contribution >= 0.6 is 0 Å². The average molecular weight is 291 g/mol. The van der Waals surface area contributed by atoms with E-state index in [4.69, 9.17) is 0 Å². The van der Waals surface area contributed by atoms with E-state index >= 15 is 0 Å². The number of carbonyl (C=O) groups excluding carboxylic acids is 2. The third-order valence-electron chi connectivity index (χ3n) is 5.47. The van der Waals surface area contributed by atoms with Crippen LogP contribution < -0.4 is 0 Å². The standard InChI is InChI=1S/C18H29NO2/c1-10(2)13-9-14(19-15(20)7-8-16(19)21)18(12(5)6)17(13)11(3)4/h7-8,10-14,17-18H,9H2,1-6H3/t13-,14-,17-,18+/m0/s1. The summed E-state index contributed by atoms with van der Waals surface area (Å²) < 4.78 is 0. The fraction of sp³-hybridized carbons (Fsp3) is 0.778. The van der Waals surface area contributed by atoms with Gasteiger partial charge in [0.2, 0.25) is 0 Å². The molecule has 0 unspecified atom stereocenters. The molecule has 0 spiro atoms. The molecule has 1 heterocycles. The van der Waals surface area contributed by atoms with Crippen LogP contribution in [0.5, 0.6) is 0 Å². The van der Waals surface area contributed by atoms with Crippen LogP contribution in [-0.4, -0.2) is 22.8 Å². The van der Waals surface area contributed by atoms with Gasteiger partial charge in [0.05, 0.1) is 0 Å². The van der Waals surface area contributed by atoms with Gasteiger partial charge in [0, 0.05) is 18.2 Å². The molecule has 1 aliphatic carbocycles. The van der Waals surface area contributed by atoms with E-state index in [1.165, 1.54) is 17.1 Å². The van der Waals surface area contributed by atoms with Gasteiger partial charge in [0.15, 0.2) is 0 Å². The van der Waals surface area contributed by atoms with E-state index in [1.807, 2.05) is 0 Å². The molecule has 2 aliphatic rings. The maximum Gasteiger partial charge on any atom is 0.253 e. The number of hydrogen-bond donors (Lipinski definition) is 0. The molecule has 21 heavy (non-hydrogen) atoms. The Bertz CT molecular complexity index is 432. The summed E-state index contributed by atoms with van der Waals surface area (Å²) in [6, 6.07) is 0.0693. The Hall–Kier alpha value is -1.12. The van der Waals surface area contributed by atoms with E-state index in [1.54, 1.807) is 0 Å². The van der Waals surface area contributed by atoms with E-state index in [2.05, 4.69) is 41.5 Å². The number of nitrogens with zero attached hydrogens (tertiary/aromatic N) is 1. The fourth-order valence-electron chi connectivity index (χ4n) is 4.70. The molecule has 2 amide bonds. The average Bonchev–Trinajstić information content (AvgIpc) is 2.90. The maximum atomic E-state index is 12.1. The largest absolute Gasteiger partial charge is 0.272 e. The Kier molecular flexibility index (Phi) is 4.60. The molecule has 0 saturated heterocycles. The predicted molar refractivity (Wildman–Crippen MR) is 84.4 cm³/mol. The van der Waals surface area contributed by atoms with Crippen molar-refractivity contribution in [3.63, 3.8) is 0 Å². The Labute approximate surface area is 128 Å². The lowest BCUT2D eigenvalue weighted by atomic mass is 9.72. The van der Waals surface area contributed by atoms with Crippen LogP contribution in [0, 0.1) is 35.5 Å². The van der Waals surface area contributed by atoms with Crippen molar-refractivity contribution < 1.29 is 9.59 Å². The van der Waals surface area contributed by atoms with Gasteiger partial charge in [-0.1, -0.05) is 41.5 Å². The number of rotatable bonds is 4. The summed E-state index contributed by atoms with van der Waals surface area (Å²) in [5.41, 5.74) is 0. The van der Waals surface area contributed by atoms with Gasteiger partial charge in [-0.25, -0.2) is 0 Å². The highest BCUT2D eigenvalue weighted by molar-refractivity contribution is 6.13. The van der Waals surface area contributed by atoms with Gasteiger partial charge in [-0.2, -0.15) is 0 Å². The summed E-state index contributed by atoms with van der Waals surface area (Å²) in [6.45, 7) is 13.6. The van der Waals surface area contributed by atoms with Crippen molar-refractivity contribution in [2.75, 3.05) is 0 Å². The van der Waals surface area contributed by atoms with Crippen LogP contribution in [0.3, 0.4) is 0 Å². The van der Waals surface area contributed by atoms with Gasteiger partial charge in [0.25, 0.3) is 11.8 Å². The quantitative estimate of drug-likeness (QED) is 0.743. The van der Waals surface area contributed by atoms with Gasteiger partial charge in [-0.3, -0.25) is 14.5 Å². The lowest BCUT2D eigenvalue weighted by Crippen LogP contribution is -2.45. The summed E-state index contributed by atoms with van der Waals surface area (Å²) in [6.07, 6.45) is 3.81. The van der Waals surface area contributed by atoms with Gasteiger partial charge >= 0.3 is 0 Å². The van der Waals surface area contributed by atoms with E-state index in [0.29, 0.717) is 35.5 Å². The molecule has 3 heteroatoms. The molecular formula is C18H29NO2. The summed E-state index contributed by atoms with van der Waals surface area (Å²) in [5.74, 6) is 2.97. The lowest BCUT2D eigenvalue weighted by Gasteiger charge is -2.36. The Morgan fingerprint density at radius 1 is 0.857 bits per heavy atom. The van der Waals surface area contributed by atoms with Crippen molar-refractivity contribution in [1.82, 2.24) is 4.90 Å². The fourth-order valence-corrected chi connectivity index (χ4v) is 4.70. The molecule has 0 radical (unpaired) electrons. The summed E-state index contributed by atoms with van der Waals surface area (Å²) in [4.78, 5) is 25.8. The highest BCUT2D eigenvalue weighted by atomic mass is 16.2. The molecule has 0 N–H and O–H groups in total. The number of imide groups is 1. The molecular weight excluding hydrogens is 262 g/mol. The molecule has 3 nitrogen and oxygen atoms in total. The van der Waals surface area contributed by atoms with E-state index in [-0.39, 0.29) is 17.9 Å². The first-order valence-electron chi connectivity index (χ1n) is 8.30. The van der Waals surface area contributed by atoms with Crippen LogP contribution in [0.2, 0.25) is 0 Å². The lowest BCUT2D eigenvalue weighted by molar-refractivity contribution is -0.141. The summed E-state index contributed by atoms with van der Waals surface area (Å²) in [5, 5.41) is 0. The zero-order chi connectivity index (χ0) is 15.9. The minimum Gasteiger partial charge on any atom is -0.272 e. The first-order valence-corrected chi connectivity index (χ1v) is 8.30. The SMILES string of the molecule is CC(C)[C@@H]1[C@H](C(C)C)[C@@H](N2C(=O)C=CC2=O)C[C@H]1C(C)C. The highest BCUT2D eigenvalue weighted by Crippen LogP contribution is 2.50. The third-order valence-corrected chi connectivity index (χ3v) is 5.47. The normalized spacial score (nSPS) is 33.3. The number of carbonyl (C=O) groups is 2. The number of hydrogen-bond acceptors (Lipinski definition) is 2. The molecule has 2 rings (SSSR count). The molecule has 1 fully saturated rings. The van der Waals surface area contributed by atoms with Gasteiger partial charge in [-0.15, -0.1) is 0 Å². The molecule has 1 saturated carbocycles. The van der Waals surface area contributed by atoms with E-state index < -0.39 is 0 Å². The molecule has 0 aromatic heterocycles. The highest BCUT2D eigenvalue weighted by Gasteiger charge is 2.51. The topological polar surface area (TPSA) is 37.4 Å². The van der Waals surface area contributed by atoms with Gasteiger partial charge < -0.3 is 0 Å². The van der Waals surface area contributed by atoms with Crippen molar-refractivity contribution in [1.29, 1.82) is 0 Å². The molecule has 118 valence electrons. The van der Waals surface area contributed by atoms with Crippen LogP contribution in [-0.2, 0) is 9.59 Å². The van der Waals surface area contributed by atoms with Crippen molar-refractivity contribution in [3.8, 4) is 0 Å². The summed E-state index contributed by atoms with van der Waals surface area (Å²) in [7, 11) is 0. The Morgan fingerprint density at radius 3 is 1.71 bits per heavy atom. The number of amides is 2. The minimum atomic E-state index is -0.123. The second-order valence-corrected chi connectivity index (χ2v) is 7.73. The van der Waals surface area contributed by atoms with E-state index in [0.717, 1.165) is 6.42 Å². The van der Waals surface area contributed by atoms with Crippen molar-refractivity contribution >= 4 is 11.8 Å². The van der Waals surface area contributed by atoms with Crippen LogP contribution in [0.25, 0.3) is 0 Å². The van der Waals surface area contributed by atoms with Crippen molar-refractivity contribution in [2.24, 2.45) is 35.5 Å². The van der Waals surface area contributed by atoms with Crippen molar-refractivity contribution in [3.05, 3.63) is 12.2 Å². The molecule has 4 atom stereocenters. The molecule has 0 bridgehead atoms. The van der Waals surface area contributed by atoms with Crippen molar-refractivity contribution in [2.45, 2.75) is 54.0 Å². The Morgan fingerprint density at radius 2 is 1.33 bits per heavy atom. The van der Waals surface area contributed by atoms with Crippen LogP contribution in [0.1, 0.15) is 48.0 Å². The smallest absolute Gasteiger partial charge is 0.253 e. The maximum absolute atomic E-state index is 12.1. The molecule has 0 aromatic carbocycles. The minimum absolute atomic E-state index is 0.0693. The first-order chi connectivity index (χ1) is 9.75. The van der Waals surface area contributed by atoms with Crippen LogP contribution in [0.15, 0.2) is 12.2 Å². The molecule has 0 aromatic rings. The first kappa shape index (κ1) is 16.3. The van der Waals surface area contributed by atoms with Crippen LogP contribution in [0.4, 0.5) is 0 Å². The third kappa shape index (κ3) is 2.79. The predicted octanol–water partition coefficient (Wildman–Crippen LogP) is 3.50. The van der Waals surface area contributed by atoms with Gasteiger partial charge in [-0.05, 0) is 41.9 Å². The second kappa shape index (κ2) is 5.94. The monoisotopic (exact) mass is 291 g/mol. The zero-order valence-corrected chi connectivity index (χ0v) is 14.2. The summed E-state index contributed by atoms with van der Waals surface area (Å²) >= 11 is 0. The van der Waals surface area contributed by atoms with Gasteiger partial charge in [0.1, 0.15) is 0 Å². The zero-order valence-electron chi connectivity index (χ0n) is 14.2. The van der Waals surface area contributed by atoms with E-state index in [9.17, 15) is 9.59 Å². The second-order valence-electron chi connectivity index (χ2n) is 7.73. The molecule has 1 aliphatic heterocycles. The Balaban J connectivity index is 2.36.